The fraction of sp³-hybridized carbons (Fsp3) is 0.231. The van der Waals surface area contributed by atoms with E-state index in [0.29, 0.717) is 23.3 Å². The molecule has 0 fully saturated rings. The minimum Gasteiger partial charge on any atom is -0.493 e. The third kappa shape index (κ3) is 3.51. The Morgan fingerprint density at radius 3 is 2.77 bits per heavy atom. The number of hydrazone groups is 1. The number of nitrogens with two attached hydrogens (primary N) is 1. The number of anilines is 1. The van der Waals surface area contributed by atoms with Gasteiger partial charge in [0.25, 0.3) is 5.95 Å². The third-order valence-corrected chi connectivity index (χ3v) is 2.69. The lowest BCUT2D eigenvalue weighted by molar-refractivity contribution is -0.132. The van der Waals surface area contributed by atoms with Crippen molar-refractivity contribution >= 4 is 18.1 Å². The van der Waals surface area contributed by atoms with E-state index in [4.69, 9.17) is 15.3 Å². The van der Waals surface area contributed by atoms with Gasteiger partial charge >= 0.3 is 5.97 Å². The average molecular weight is 304 g/mol. The number of methoxy groups -OCH3 is 1. The lowest BCUT2D eigenvalue weighted by atomic mass is 10.2. The lowest BCUT2D eigenvalue weighted by Crippen LogP contribution is -2.13. The molecule has 0 amide bonds. The molecule has 1 aromatic carbocycles. The largest absolute Gasteiger partial charge is 0.493 e. The van der Waals surface area contributed by atoms with Crippen molar-refractivity contribution in [3.05, 3.63) is 29.6 Å². The molecule has 0 unspecified atom stereocenters. The van der Waals surface area contributed by atoms with E-state index in [1.165, 1.54) is 18.7 Å². The Morgan fingerprint density at radius 2 is 2.18 bits per heavy atom. The lowest BCUT2D eigenvalue weighted by Gasteiger charge is -2.08. The quantitative estimate of drug-likeness (QED) is 0.274. The molecule has 1 heterocycles. The summed E-state index contributed by atoms with van der Waals surface area (Å²) < 4.78 is 11.5. The van der Waals surface area contributed by atoms with E-state index in [-0.39, 0.29) is 0 Å². The van der Waals surface area contributed by atoms with E-state index in [2.05, 4.69) is 20.7 Å². The zero-order valence-corrected chi connectivity index (χ0v) is 12.4. The molecule has 116 valence electrons. The highest BCUT2D eigenvalue weighted by Gasteiger charge is 2.07. The first kappa shape index (κ1) is 15.3. The van der Waals surface area contributed by atoms with Gasteiger partial charge in [-0.1, -0.05) is 0 Å². The Labute approximate surface area is 126 Å². The molecule has 0 saturated heterocycles. The molecular weight excluding hydrogens is 288 g/mol. The molecule has 2 rings (SSSR count). The van der Waals surface area contributed by atoms with Crippen molar-refractivity contribution in [3.8, 4) is 11.5 Å². The van der Waals surface area contributed by atoms with Gasteiger partial charge in [-0.25, -0.2) is 10.1 Å². The normalized spacial score (nSPS) is 10.7. The van der Waals surface area contributed by atoms with Crippen molar-refractivity contribution in [3.63, 3.8) is 0 Å². The molecule has 0 aliphatic rings. The summed E-state index contributed by atoms with van der Waals surface area (Å²) in [6.07, 6.45) is 1.55. The van der Waals surface area contributed by atoms with Crippen molar-refractivity contribution in [2.45, 2.75) is 13.8 Å². The fourth-order valence-electron chi connectivity index (χ4n) is 1.61. The van der Waals surface area contributed by atoms with Crippen LogP contribution in [0.5, 0.6) is 11.5 Å². The van der Waals surface area contributed by atoms with Gasteiger partial charge in [-0.3, -0.25) is 4.79 Å². The first-order valence-electron chi connectivity index (χ1n) is 6.34. The Kier molecular flexibility index (Phi) is 4.57. The van der Waals surface area contributed by atoms with Crippen LogP contribution in [0.2, 0.25) is 0 Å². The predicted molar refractivity (Wildman–Crippen MR) is 80.4 cm³/mol. The highest BCUT2D eigenvalue weighted by Crippen LogP contribution is 2.27. The van der Waals surface area contributed by atoms with Gasteiger partial charge in [0.15, 0.2) is 17.3 Å². The van der Waals surface area contributed by atoms with Crippen LogP contribution in [-0.2, 0) is 4.79 Å². The van der Waals surface area contributed by atoms with Gasteiger partial charge in [-0.2, -0.15) is 5.10 Å². The summed E-state index contributed by atoms with van der Waals surface area (Å²) in [6, 6.07) is 5.03. The summed E-state index contributed by atoms with van der Waals surface area (Å²) in [5, 5.41) is 11.6. The van der Waals surface area contributed by atoms with E-state index >= 15 is 0 Å². The number of hydrogen-bond donors (Lipinski definition) is 2. The fourth-order valence-corrected chi connectivity index (χ4v) is 1.61. The third-order valence-electron chi connectivity index (χ3n) is 2.69. The van der Waals surface area contributed by atoms with Gasteiger partial charge in [-0.05, 0) is 30.7 Å². The van der Waals surface area contributed by atoms with Crippen LogP contribution in [0.1, 0.15) is 18.3 Å². The SMILES string of the molecule is COc1cc(C=NNc2nnc(C)n2N)ccc1OC(C)=O. The first-order valence-corrected chi connectivity index (χ1v) is 6.34. The molecule has 0 atom stereocenters. The Hall–Kier alpha value is -3.10. The first-order chi connectivity index (χ1) is 10.5. The summed E-state index contributed by atoms with van der Waals surface area (Å²) in [4.78, 5) is 11.0. The van der Waals surface area contributed by atoms with Gasteiger partial charge < -0.3 is 15.3 Å². The second-order valence-electron chi connectivity index (χ2n) is 4.31. The molecule has 0 radical (unpaired) electrons. The summed E-state index contributed by atoms with van der Waals surface area (Å²) in [7, 11) is 1.49. The second kappa shape index (κ2) is 6.57. The number of ether oxygens (including phenoxy) is 2. The molecule has 0 spiro atoms. The van der Waals surface area contributed by atoms with Crippen LogP contribution < -0.4 is 20.7 Å². The Balaban J connectivity index is 2.11. The van der Waals surface area contributed by atoms with Gasteiger partial charge in [0, 0.05) is 6.92 Å². The summed E-state index contributed by atoms with van der Waals surface area (Å²) in [5.41, 5.74) is 3.41. The molecule has 9 heteroatoms. The van der Waals surface area contributed by atoms with Crippen LogP contribution in [-0.4, -0.2) is 34.2 Å². The van der Waals surface area contributed by atoms with E-state index in [0.717, 1.165) is 5.56 Å². The monoisotopic (exact) mass is 304 g/mol. The summed E-state index contributed by atoms with van der Waals surface area (Å²) >= 11 is 0. The van der Waals surface area contributed by atoms with E-state index in [1.54, 1.807) is 31.3 Å². The highest BCUT2D eigenvalue weighted by molar-refractivity contribution is 5.82. The predicted octanol–water partition coefficient (Wildman–Crippen LogP) is 0.680. The molecule has 1 aromatic heterocycles. The van der Waals surface area contributed by atoms with Crippen molar-refractivity contribution in [2.75, 3.05) is 18.4 Å². The smallest absolute Gasteiger partial charge is 0.308 e. The summed E-state index contributed by atoms with van der Waals surface area (Å²) in [5.74, 6) is 6.91. The zero-order valence-electron chi connectivity index (χ0n) is 12.4. The maximum atomic E-state index is 11.0. The number of carbonyl (C=O) groups is 1. The van der Waals surface area contributed by atoms with Crippen molar-refractivity contribution in [1.29, 1.82) is 0 Å². The van der Waals surface area contributed by atoms with E-state index in [9.17, 15) is 4.79 Å². The number of aromatic nitrogens is 3. The number of aryl methyl sites for hydroxylation is 1. The van der Waals surface area contributed by atoms with Crippen LogP contribution in [0.3, 0.4) is 0 Å². The van der Waals surface area contributed by atoms with Crippen LogP contribution in [0, 0.1) is 6.92 Å². The molecule has 22 heavy (non-hydrogen) atoms. The number of nitrogens with one attached hydrogen (secondary N) is 1. The van der Waals surface area contributed by atoms with Gasteiger partial charge in [-0.15, -0.1) is 10.2 Å². The Morgan fingerprint density at radius 1 is 1.41 bits per heavy atom. The van der Waals surface area contributed by atoms with Gasteiger partial charge in [0.2, 0.25) is 0 Å². The minimum absolute atomic E-state index is 0.317. The number of benzene rings is 1. The number of esters is 1. The average Bonchev–Trinajstić information content (AvgIpc) is 2.80. The molecule has 0 saturated carbocycles. The number of carbonyl (C=O) groups excluding carboxylic acids is 1. The van der Waals surface area contributed by atoms with E-state index in [1.807, 2.05) is 0 Å². The molecule has 0 bridgehead atoms. The molecule has 2 aromatic rings. The van der Waals surface area contributed by atoms with Crippen LogP contribution >= 0.6 is 0 Å². The molecule has 0 aliphatic heterocycles. The van der Waals surface area contributed by atoms with E-state index < -0.39 is 5.97 Å². The minimum atomic E-state index is -0.418. The maximum absolute atomic E-state index is 11.0. The van der Waals surface area contributed by atoms with Gasteiger partial charge in [0.05, 0.1) is 13.3 Å². The number of rotatable bonds is 5. The van der Waals surface area contributed by atoms with Crippen LogP contribution in [0.4, 0.5) is 5.95 Å². The molecule has 0 aliphatic carbocycles. The zero-order chi connectivity index (χ0) is 16.1. The number of hydrogen-bond acceptors (Lipinski definition) is 8. The topological polar surface area (TPSA) is 117 Å². The van der Waals surface area contributed by atoms with Crippen LogP contribution in [0.25, 0.3) is 0 Å². The number of nitrogens with zero attached hydrogens (tertiary/aromatic N) is 4. The van der Waals surface area contributed by atoms with Gasteiger partial charge in [0.1, 0.15) is 0 Å². The second-order valence-corrected chi connectivity index (χ2v) is 4.31. The number of nitrogen functional groups attached to an aromatic ring is 1. The Bertz CT molecular complexity index is 710. The standard InChI is InChI=1S/C13H16N6O3/c1-8-16-18-13(19(8)14)17-15-7-10-4-5-11(22-9(2)20)12(6-10)21-3/h4-7H,14H2,1-3H3,(H,17,18). The molecule has 3 N–H and O–H groups in total. The summed E-state index contributed by atoms with van der Waals surface area (Å²) in [6.45, 7) is 3.05. The molecular formula is C13H16N6O3. The van der Waals surface area contributed by atoms with Crippen molar-refractivity contribution in [1.82, 2.24) is 14.9 Å². The van der Waals surface area contributed by atoms with Crippen LogP contribution in [0.15, 0.2) is 23.3 Å². The highest BCUT2D eigenvalue weighted by atomic mass is 16.6. The molecule has 9 nitrogen and oxygen atoms in total. The van der Waals surface area contributed by atoms with Crippen molar-refractivity contribution < 1.29 is 14.3 Å². The van der Waals surface area contributed by atoms with Crippen molar-refractivity contribution in [2.24, 2.45) is 5.10 Å². The maximum Gasteiger partial charge on any atom is 0.308 e.